The van der Waals surface area contributed by atoms with E-state index in [0.29, 0.717) is 19.3 Å². The molecule has 0 aliphatic carbocycles. The second kappa shape index (κ2) is 48.3. The van der Waals surface area contributed by atoms with Gasteiger partial charge in [0.2, 0.25) is 0 Å². The maximum atomic E-state index is 12.8. The van der Waals surface area contributed by atoms with Gasteiger partial charge in [-0.05, 0) is 77.0 Å². The van der Waals surface area contributed by atoms with E-state index in [1.165, 1.54) is 154 Å². The van der Waals surface area contributed by atoms with Crippen LogP contribution in [0.15, 0.2) is 36.5 Å². The SMILES string of the molecule is CCCCC/C=C\C/C=C\CCCCCCCCCC(=O)OCC(COC(=O)CCCCCCCCCCC)OC(=O)CCCCCCCCC/C=C\CCCCCC. The van der Waals surface area contributed by atoms with E-state index in [4.69, 9.17) is 14.2 Å². The van der Waals surface area contributed by atoms with Gasteiger partial charge in [-0.15, -0.1) is 0 Å². The zero-order chi connectivity index (χ0) is 43.0. The monoisotopic (exact) mass is 829 g/mol. The van der Waals surface area contributed by atoms with Crippen molar-refractivity contribution in [2.45, 2.75) is 271 Å². The number of esters is 3. The van der Waals surface area contributed by atoms with Crippen LogP contribution in [-0.2, 0) is 28.6 Å². The molecule has 0 radical (unpaired) electrons. The van der Waals surface area contributed by atoms with E-state index >= 15 is 0 Å². The minimum absolute atomic E-state index is 0.0741. The Morgan fingerprint density at radius 3 is 1.00 bits per heavy atom. The van der Waals surface area contributed by atoms with Crippen molar-refractivity contribution in [3.63, 3.8) is 0 Å². The van der Waals surface area contributed by atoms with Crippen LogP contribution >= 0.6 is 0 Å². The standard InChI is InChI=1S/C53H96O6/c1-4-7-10-13-16-19-21-23-25-26-28-29-31-34-37-40-43-46-52(55)58-49-50(48-57-51(54)45-42-39-36-33-18-15-12-9-6-3)59-53(56)47-44-41-38-35-32-30-27-24-22-20-17-14-11-8-5-2/h16,19-20,22-23,25,50H,4-15,17-18,21,24,26-49H2,1-3H3/b19-16-,22-20-,25-23-. The average molecular weight is 829 g/mol. The summed E-state index contributed by atoms with van der Waals surface area (Å²) in [5.74, 6) is -0.881. The van der Waals surface area contributed by atoms with Crippen LogP contribution in [0.1, 0.15) is 265 Å². The number of unbranched alkanes of at least 4 members (excludes halogenated alkanes) is 29. The largest absolute Gasteiger partial charge is 0.462 e. The maximum Gasteiger partial charge on any atom is 0.306 e. The van der Waals surface area contributed by atoms with Crippen molar-refractivity contribution >= 4 is 17.9 Å². The minimum Gasteiger partial charge on any atom is -0.462 e. The van der Waals surface area contributed by atoms with Crippen LogP contribution < -0.4 is 0 Å². The molecule has 0 bridgehead atoms. The van der Waals surface area contributed by atoms with Crippen LogP contribution in [0.25, 0.3) is 0 Å². The molecule has 0 saturated heterocycles. The lowest BCUT2D eigenvalue weighted by atomic mass is 10.1. The van der Waals surface area contributed by atoms with Crippen LogP contribution in [-0.4, -0.2) is 37.2 Å². The molecule has 0 aromatic heterocycles. The summed E-state index contributed by atoms with van der Waals surface area (Å²) < 4.78 is 16.8. The van der Waals surface area contributed by atoms with Gasteiger partial charge in [-0.25, -0.2) is 0 Å². The van der Waals surface area contributed by atoms with Crippen LogP contribution in [0.4, 0.5) is 0 Å². The molecule has 6 nitrogen and oxygen atoms in total. The lowest BCUT2D eigenvalue weighted by Gasteiger charge is -2.18. The van der Waals surface area contributed by atoms with Crippen molar-refractivity contribution in [3.05, 3.63) is 36.5 Å². The molecular formula is C53H96O6. The summed E-state index contributed by atoms with van der Waals surface area (Å²) in [6, 6.07) is 0. The molecule has 344 valence electrons. The Morgan fingerprint density at radius 1 is 0.339 bits per heavy atom. The zero-order valence-electron chi connectivity index (χ0n) is 39.3. The van der Waals surface area contributed by atoms with Gasteiger partial charge in [0.05, 0.1) is 0 Å². The molecule has 59 heavy (non-hydrogen) atoms. The van der Waals surface area contributed by atoms with Crippen molar-refractivity contribution < 1.29 is 28.6 Å². The first-order valence-electron chi connectivity index (χ1n) is 25.5. The highest BCUT2D eigenvalue weighted by molar-refractivity contribution is 5.71. The molecule has 0 fully saturated rings. The normalized spacial score (nSPS) is 12.3. The number of hydrogen-bond donors (Lipinski definition) is 0. The Morgan fingerprint density at radius 2 is 0.610 bits per heavy atom. The van der Waals surface area contributed by atoms with E-state index in [0.717, 1.165) is 70.6 Å². The van der Waals surface area contributed by atoms with Crippen LogP contribution in [0, 0.1) is 0 Å². The first-order chi connectivity index (χ1) is 29.0. The van der Waals surface area contributed by atoms with E-state index in [9.17, 15) is 14.4 Å². The van der Waals surface area contributed by atoms with Gasteiger partial charge in [0.15, 0.2) is 6.10 Å². The molecule has 6 heteroatoms. The third kappa shape index (κ3) is 46.5. The summed E-state index contributed by atoms with van der Waals surface area (Å²) >= 11 is 0. The van der Waals surface area contributed by atoms with Gasteiger partial charge >= 0.3 is 17.9 Å². The number of carbonyl (C=O) groups is 3. The molecule has 0 aromatic carbocycles. The van der Waals surface area contributed by atoms with Crippen molar-refractivity contribution in [3.8, 4) is 0 Å². The van der Waals surface area contributed by atoms with E-state index < -0.39 is 6.10 Å². The smallest absolute Gasteiger partial charge is 0.306 e. The molecule has 0 saturated carbocycles. The predicted octanol–water partition coefficient (Wildman–Crippen LogP) is 16.5. The van der Waals surface area contributed by atoms with Gasteiger partial charge in [0.1, 0.15) is 13.2 Å². The summed E-state index contributed by atoms with van der Waals surface area (Å²) in [6.45, 7) is 6.58. The Balaban J connectivity index is 4.32. The second-order valence-electron chi connectivity index (χ2n) is 17.1. The van der Waals surface area contributed by atoms with Crippen LogP contribution in [0.3, 0.4) is 0 Å². The van der Waals surface area contributed by atoms with E-state index in [1.807, 2.05) is 0 Å². The molecule has 0 aliphatic heterocycles. The molecular weight excluding hydrogens is 733 g/mol. The van der Waals surface area contributed by atoms with Gasteiger partial charge in [0, 0.05) is 19.3 Å². The molecule has 1 atom stereocenters. The number of hydrogen-bond acceptors (Lipinski definition) is 6. The van der Waals surface area contributed by atoms with E-state index in [2.05, 4.69) is 57.2 Å². The fraction of sp³-hybridized carbons (Fsp3) is 0.830. The molecule has 0 rings (SSSR count). The highest BCUT2D eigenvalue weighted by Gasteiger charge is 2.19. The number of rotatable bonds is 46. The average Bonchev–Trinajstić information content (AvgIpc) is 3.23. The van der Waals surface area contributed by atoms with Crippen molar-refractivity contribution in [1.29, 1.82) is 0 Å². The predicted molar refractivity (Wildman–Crippen MR) is 252 cm³/mol. The molecule has 0 aliphatic rings. The Labute approximate surface area is 365 Å². The Kier molecular flexibility index (Phi) is 46.4. The Hall–Kier alpha value is -2.37. The third-order valence-corrected chi connectivity index (χ3v) is 11.1. The molecule has 0 aromatic rings. The number of allylic oxidation sites excluding steroid dienone is 6. The summed E-state index contributed by atoms with van der Waals surface area (Å²) in [7, 11) is 0. The summed E-state index contributed by atoms with van der Waals surface area (Å²) in [4.78, 5) is 37.9. The summed E-state index contributed by atoms with van der Waals surface area (Å²) in [5.41, 5.74) is 0. The molecule has 1 unspecified atom stereocenters. The van der Waals surface area contributed by atoms with Crippen LogP contribution in [0.5, 0.6) is 0 Å². The molecule has 0 amide bonds. The first-order valence-corrected chi connectivity index (χ1v) is 25.5. The topological polar surface area (TPSA) is 78.9 Å². The number of ether oxygens (including phenoxy) is 3. The van der Waals surface area contributed by atoms with Gasteiger partial charge in [-0.1, -0.05) is 205 Å². The second-order valence-corrected chi connectivity index (χ2v) is 17.1. The van der Waals surface area contributed by atoms with Crippen molar-refractivity contribution in [1.82, 2.24) is 0 Å². The molecule has 0 N–H and O–H groups in total. The van der Waals surface area contributed by atoms with Gasteiger partial charge in [-0.2, -0.15) is 0 Å². The minimum atomic E-state index is -0.772. The lowest BCUT2D eigenvalue weighted by molar-refractivity contribution is -0.167. The Bertz CT molecular complexity index is 1000. The fourth-order valence-electron chi connectivity index (χ4n) is 7.23. The van der Waals surface area contributed by atoms with Gasteiger partial charge in [-0.3, -0.25) is 14.4 Å². The highest BCUT2D eigenvalue weighted by Crippen LogP contribution is 2.15. The summed E-state index contributed by atoms with van der Waals surface area (Å²) in [6.07, 6.45) is 55.5. The molecule has 0 spiro atoms. The number of carbonyl (C=O) groups excluding carboxylic acids is 3. The highest BCUT2D eigenvalue weighted by atomic mass is 16.6. The van der Waals surface area contributed by atoms with Gasteiger partial charge < -0.3 is 14.2 Å². The van der Waals surface area contributed by atoms with Crippen LogP contribution in [0.2, 0.25) is 0 Å². The third-order valence-electron chi connectivity index (χ3n) is 11.1. The van der Waals surface area contributed by atoms with Crippen molar-refractivity contribution in [2.75, 3.05) is 13.2 Å². The molecule has 0 heterocycles. The zero-order valence-corrected chi connectivity index (χ0v) is 39.3. The van der Waals surface area contributed by atoms with Gasteiger partial charge in [0.25, 0.3) is 0 Å². The first kappa shape index (κ1) is 56.6. The van der Waals surface area contributed by atoms with Crippen molar-refractivity contribution in [2.24, 2.45) is 0 Å². The lowest BCUT2D eigenvalue weighted by Crippen LogP contribution is -2.30. The summed E-state index contributed by atoms with van der Waals surface area (Å²) in [5, 5.41) is 0. The van der Waals surface area contributed by atoms with E-state index in [-0.39, 0.29) is 31.1 Å². The fourth-order valence-corrected chi connectivity index (χ4v) is 7.23. The maximum absolute atomic E-state index is 12.8. The van der Waals surface area contributed by atoms with E-state index in [1.54, 1.807) is 0 Å². The quantitative estimate of drug-likeness (QED) is 0.0263.